The topological polar surface area (TPSA) is 43.4 Å². The molecule has 4 nitrogen and oxygen atoms in total. The number of pyridine rings is 1. The zero-order valence-corrected chi connectivity index (χ0v) is 26.4. The SMILES string of the molecule is C#C.C/C=C\CNCCN(CCC)C(CCC)CCC.C=c1[nH]c(=C)c2ccc(C)cc2c1=N/C=C/C.CC. The van der Waals surface area contributed by atoms with Crippen molar-refractivity contribution >= 4 is 23.9 Å². The smallest absolute Gasteiger partial charge is 0.0937 e. The third kappa shape index (κ3) is 15.3. The summed E-state index contributed by atoms with van der Waals surface area (Å²) < 4.78 is 0. The molecule has 1 heterocycles. The summed E-state index contributed by atoms with van der Waals surface area (Å²) in [6.45, 7) is 29.5. The number of allylic oxidation sites excluding steroid dienone is 2. The summed E-state index contributed by atoms with van der Waals surface area (Å²) in [6, 6.07) is 7.06. The maximum atomic E-state index is 4.43. The van der Waals surface area contributed by atoms with Gasteiger partial charge in [-0.05, 0) is 52.6 Å². The van der Waals surface area contributed by atoms with Crippen LogP contribution in [0.15, 0.2) is 47.6 Å². The van der Waals surface area contributed by atoms with E-state index in [0.29, 0.717) is 0 Å². The van der Waals surface area contributed by atoms with Crippen molar-refractivity contribution in [1.82, 2.24) is 15.2 Å². The molecule has 0 spiro atoms. The van der Waals surface area contributed by atoms with Gasteiger partial charge in [-0.25, -0.2) is 0 Å². The molecule has 218 valence electrons. The molecule has 0 bridgehead atoms. The van der Waals surface area contributed by atoms with Gasteiger partial charge in [-0.1, -0.05) is 96.5 Å². The van der Waals surface area contributed by atoms with Crippen LogP contribution in [0.2, 0.25) is 0 Å². The molecule has 2 rings (SSSR count). The normalized spacial score (nSPS) is 11.3. The van der Waals surface area contributed by atoms with Crippen LogP contribution in [0.5, 0.6) is 0 Å². The monoisotopic (exact) mass is 534 g/mol. The van der Waals surface area contributed by atoms with E-state index >= 15 is 0 Å². The maximum Gasteiger partial charge on any atom is 0.0937 e. The standard InChI is InChI=1S/C16H34N2.C15H16N2.C2H6.C2H2/c1-5-9-12-17-13-15-18(14-8-4)16(10-6-2)11-7-3;1-5-8-16-15-12(4)17-11(3)13-7-6-10(2)9-14(13)15;2*1-2/h5,9,16-17H,6-8,10-15H2,1-4H3;5-9,17H,3-4H2,1-2H3;1-2H3;1-2H/b9-5-;8-5+,16-15?;;. The van der Waals surface area contributed by atoms with Crippen molar-refractivity contribution < 1.29 is 0 Å². The van der Waals surface area contributed by atoms with Crippen molar-refractivity contribution in [2.45, 2.75) is 93.5 Å². The summed E-state index contributed by atoms with van der Waals surface area (Å²) in [5.74, 6) is 0. The van der Waals surface area contributed by atoms with Crippen LogP contribution in [0.1, 0.15) is 86.1 Å². The molecular weight excluding hydrogens is 476 g/mol. The molecule has 0 unspecified atom stereocenters. The van der Waals surface area contributed by atoms with Gasteiger partial charge in [0, 0.05) is 48.0 Å². The van der Waals surface area contributed by atoms with Gasteiger partial charge in [0.15, 0.2) is 0 Å². The predicted molar refractivity (Wildman–Crippen MR) is 178 cm³/mol. The molecule has 0 radical (unpaired) electrons. The first kappa shape index (κ1) is 38.3. The van der Waals surface area contributed by atoms with Crippen LogP contribution in [0.3, 0.4) is 0 Å². The number of fused-ring (bicyclic) bond motifs is 1. The molecular formula is C35H58N4. The Hall–Kier alpha value is -2.87. The van der Waals surface area contributed by atoms with Crippen molar-refractivity contribution in [2.75, 3.05) is 26.2 Å². The summed E-state index contributed by atoms with van der Waals surface area (Å²) in [7, 11) is 0. The van der Waals surface area contributed by atoms with Crippen LogP contribution in [0.25, 0.3) is 23.9 Å². The minimum atomic E-state index is 0.795. The molecule has 0 fully saturated rings. The quantitative estimate of drug-likeness (QED) is 0.168. The zero-order chi connectivity index (χ0) is 30.1. The average molecular weight is 535 g/mol. The Morgan fingerprint density at radius 1 is 0.949 bits per heavy atom. The Bertz CT molecular complexity index is 1120. The highest BCUT2D eigenvalue weighted by Crippen LogP contribution is 2.13. The van der Waals surface area contributed by atoms with Crippen molar-refractivity contribution in [3.8, 4) is 12.8 Å². The van der Waals surface area contributed by atoms with E-state index in [1.165, 1.54) is 50.8 Å². The van der Waals surface area contributed by atoms with Gasteiger partial charge in [-0.2, -0.15) is 0 Å². The molecule has 0 aliphatic heterocycles. The first-order valence-corrected chi connectivity index (χ1v) is 14.8. The minimum absolute atomic E-state index is 0.795. The number of hydrogen-bond acceptors (Lipinski definition) is 3. The van der Waals surface area contributed by atoms with Crippen molar-refractivity contribution in [3.05, 3.63) is 64.2 Å². The van der Waals surface area contributed by atoms with E-state index in [-0.39, 0.29) is 0 Å². The number of nitrogens with zero attached hydrogens (tertiary/aromatic N) is 2. The highest BCUT2D eigenvalue weighted by molar-refractivity contribution is 5.82. The second kappa shape index (κ2) is 25.4. The average Bonchev–Trinajstić information content (AvgIpc) is 2.94. The number of aromatic nitrogens is 1. The van der Waals surface area contributed by atoms with E-state index in [0.717, 1.165) is 46.0 Å². The van der Waals surface area contributed by atoms with Crippen LogP contribution in [-0.2, 0) is 0 Å². The van der Waals surface area contributed by atoms with Gasteiger partial charge in [0.2, 0.25) is 0 Å². The molecule has 0 aliphatic carbocycles. The van der Waals surface area contributed by atoms with Gasteiger partial charge in [-0.3, -0.25) is 9.89 Å². The second-order valence-corrected chi connectivity index (χ2v) is 9.13. The largest absolute Gasteiger partial charge is 0.354 e. The molecule has 1 aromatic carbocycles. The van der Waals surface area contributed by atoms with Gasteiger partial charge in [0.05, 0.1) is 10.7 Å². The Morgan fingerprint density at radius 3 is 2.13 bits per heavy atom. The zero-order valence-electron chi connectivity index (χ0n) is 26.4. The first-order chi connectivity index (χ1) is 18.9. The number of nitrogens with one attached hydrogen (secondary N) is 2. The van der Waals surface area contributed by atoms with E-state index < -0.39 is 0 Å². The molecule has 39 heavy (non-hydrogen) atoms. The van der Waals surface area contributed by atoms with Crippen LogP contribution < -0.4 is 21.4 Å². The molecule has 0 saturated carbocycles. The predicted octanol–water partition coefficient (Wildman–Crippen LogP) is 6.84. The van der Waals surface area contributed by atoms with Gasteiger partial charge < -0.3 is 10.3 Å². The summed E-state index contributed by atoms with van der Waals surface area (Å²) >= 11 is 0. The third-order valence-electron chi connectivity index (χ3n) is 6.04. The summed E-state index contributed by atoms with van der Waals surface area (Å²) in [4.78, 5) is 10.3. The minimum Gasteiger partial charge on any atom is -0.354 e. The fraction of sp³-hybridized carbons (Fsp3) is 0.514. The Kier molecular flexibility index (Phi) is 24.9. The lowest BCUT2D eigenvalue weighted by Crippen LogP contribution is -2.40. The second-order valence-electron chi connectivity index (χ2n) is 9.13. The van der Waals surface area contributed by atoms with Gasteiger partial charge in [0.1, 0.15) is 0 Å². The van der Waals surface area contributed by atoms with Gasteiger partial charge >= 0.3 is 0 Å². The number of aromatic amines is 1. The number of aryl methyl sites for hydroxylation is 1. The maximum absolute atomic E-state index is 4.43. The lowest BCUT2D eigenvalue weighted by atomic mass is 10.0. The number of terminal acetylenes is 1. The van der Waals surface area contributed by atoms with E-state index in [1.807, 2.05) is 26.8 Å². The van der Waals surface area contributed by atoms with Crippen molar-refractivity contribution in [2.24, 2.45) is 4.99 Å². The van der Waals surface area contributed by atoms with Crippen LogP contribution in [0.4, 0.5) is 0 Å². The Balaban J connectivity index is 0. The van der Waals surface area contributed by atoms with Gasteiger partial charge in [-0.15, -0.1) is 12.8 Å². The molecule has 2 N–H and O–H groups in total. The van der Waals surface area contributed by atoms with Crippen LogP contribution in [-0.4, -0.2) is 42.1 Å². The molecule has 0 atom stereocenters. The summed E-state index contributed by atoms with van der Waals surface area (Å²) in [5, 5.41) is 8.23. The molecule has 0 saturated heterocycles. The summed E-state index contributed by atoms with van der Waals surface area (Å²) in [5.41, 5.74) is 1.21. The molecule has 0 amide bonds. The fourth-order valence-electron chi connectivity index (χ4n) is 4.35. The fourth-order valence-corrected chi connectivity index (χ4v) is 4.35. The molecule has 2 aromatic rings. The molecule has 0 aliphatic rings. The molecule has 4 heteroatoms. The lowest BCUT2D eigenvalue weighted by Gasteiger charge is -2.31. The van der Waals surface area contributed by atoms with Gasteiger partial charge in [0.25, 0.3) is 0 Å². The summed E-state index contributed by atoms with van der Waals surface area (Å²) in [6.07, 6.45) is 22.5. The first-order valence-electron chi connectivity index (χ1n) is 14.8. The van der Waals surface area contributed by atoms with Crippen molar-refractivity contribution in [3.63, 3.8) is 0 Å². The molecule has 1 aromatic heterocycles. The number of benzene rings is 1. The van der Waals surface area contributed by atoms with E-state index in [4.69, 9.17) is 0 Å². The van der Waals surface area contributed by atoms with Crippen molar-refractivity contribution in [1.29, 1.82) is 0 Å². The number of rotatable bonds is 13. The van der Waals surface area contributed by atoms with Crippen LogP contribution >= 0.6 is 0 Å². The van der Waals surface area contributed by atoms with E-state index in [9.17, 15) is 0 Å². The third-order valence-corrected chi connectivity index (χ3v) is 6.04. The number of H-pyrrole nitrogens is 1. The van der Waals surface area contributed by atoms with Crippen LogP contribution in [0, 0.1) is 19.8 Å². The highest BCUT2D eigenvalue weighted by atomic mass is 15.2. The van der Waals surface area contributed by atoms with E-state index in [1.54, 1.807) is 6.20 Å². The Labute approximate surface area is 240 Å². The number of hydrogen-bond donors (Lipinski definition) is 2. The lowest BCUT2D eigenvalue weighted by molar-refractivity contribution is 0.176. The highest BCUT2D eigenvalue weighted by Gasteiger charge is 2.15. The Morgan fingerprint density at radius 2 is 1.59 bits per heavy atom. The van der Waals surface area contributed by atoms with E-state index in [2.05, 4.69) is 111 Å².